The maximum atomic E-state index is 13.3. The van der Waals surface area contributed by atoms with E-state index < -0.39 is 10.0 Å². The molecule has 5 nitrogen and oxygen atoms in total. The summed E-state index contributed by atoms with van der Waals surface area (Å²) in [5.74, 6) is 1.73. The van der Waals surface area contributed by atoms with Crippen molar-refractivity contribution in [3.63, 3.8) is 0 Å². The lowest BCUT2D eigenvalue weighted by Gasteiger charge is -2.25. The first-order valence-corrected chi connectivity index (χ1v) is 9.97. The van der Waals surface area contributed by atoms with Crippen LogP contribution in [-0.4, -0.2) is 34.9 Å². The third-order valence-corrected chi connectivity index (χ3v) is 6.84. The summed E-state index contributed by atoms with van der Waals surface area (Å²) in [5.41, 5.74) is 0.720. The van der Waals surface area contributed by atoms with Crippen molar-refractivity contribution in [3.8, 4) is 11.5 Å². The van der Waals surface area contributed by atoms with Crippen molar-refractivity contribution in [2.45, 2.75) is 16.2 Å². The molecular weight excluding hydrogens is 346 g/mol. The largest absolute Gasteiger partial charge is 0.497 e. The highest BCUT2D eigenvalue weighted by Crippen LogP contribution is 2.38. The Morgan fingerprint density at radius 1 is 1.08 bits per heavy atom. The van der Waals surface area contributed by atoms with E-state index in [1.54, 1.807) is 23.9 Å². The Morgan fingerprint density at radius 3 is 2.62 bits per heavy atom. The molecule has 0 aliphatic carbocycles. The van der Waals surface area contributed by atoms with Crippen molar-refractivity contribution in [3.05, 3.63) is 42.5 Å². The minimum Gasteiger partial charge on any atom is -0.497 e. The van der Waals surface area contributed by atoms with E-state index in [0.29, 0.717) is 12.3 Å². The smallest absolute Gasteiger partial charge is 0.268 e. The molecule has 1 heterocycles. The lowest BCUT2D eigenvalue weighted by molar-refractivity contribution is 0.386. The Labute approximate surface area is 146 Å². The predicted octanol–water partition coefficient (Wildman–Crippen LogP) is 3.39. The Balaban J connectivity index is 2.11. The van der Waals surface area contributed by atoms with Gasteiger partial charge in [0.05, 0.1) is 19.9 Å². The number of hydrogen-bond acceptors (Lipinski definition) is 5. The van der Waals surface area contributed by atoms with Gasteiger partial charge in [0.15, 0.2) is 0 Å². The molecule has 0 N–H and O–H groups in total. The maximum absolute atomic E-state index is 13.3. The van der Waals surface area contributed by atoms with Gasteiger partial charge in [0.25, 0.3) is 10.0 Å². The molecule has 2 aromatic rings. The summed E-state index contributed by atoms with van der Waals surface area (Å²) in [6.07, 6.45) is 0.789. The molecular formula is C17H19NO4S2. The zero-order valence-corrected chi connectivity index (χ0v) is 15.2. The van der Waals surface area contributed by atoms with Crippen molar-refractivity contribution in [2.75, 3.05) is 30.8 Å². The number of sulfonamides is 1. The van der Waals surface area contributed by atoms with E-state index >= 15 is 0 Å². The summed E-state index contributed by atoms with van der Waals surface area (Å²) in [4.78, 5) is 1.12. The molecule has 0 unspecified atom stereocenters. The summed E-state index contributed by atoms with van der Waals surface area (Å²) in [6, 6.07) is 12.3. The van der Waals surface area contributed by atoms with E-state index in [9.17, 15) is 8.42 Å². The molecule has 0 radical (unpaired) electrons. The van der Waals surface area contributed by atoms with Gasteiger partial charge in [0.2, 0.25) is 0 Å². The van der Waals surface area contributed by atoms with Crippen LogP contribution in [0.4, 0.5) is 5.69 Å². The molecule has 7 heteroatoms. The van der Waals surface area contributed by atoms with Crippen LogP contribution in [0.15, 0.2) is 52.3 Å². The zero-order chi connectivity index (χ0) is 17.2. The zero-order valence-electron chi connectivity index (χ0n) is 13.6. The lowest BCUT2D eigenvalue weighted by atomic mass is 10.3. The Bertz CT molecular complexity index is 836. The topological polar surface area (TPSA) is 55.8 Å². The molecule has 0 bridgehead atoms. The number of benzene rings is 2. The number of rotatable bonds is 4. The Morgan fingerprint density at radius 2 is 1.88 bits per heavy atom. The molecule has 128 valence electrons. The average Bonchev–Trinajstić information content (AvgIpc) is 2.84. The van der Waals surface area contributed by atoms with Gasteiger partial charge in [-0.3, -0.25) is 4.31 Å². The van der Waals surface area contributed by atoms with Gasteiger partial charge in [0, 0.05) is 17.5 Å². The number of hydrogen-bond donors (Lipinski definition) is 0. The maximum Gasteiger partial charge on any atom is 0.268 e. The van der Waals surface area contributed by atoms with Crippen molar-refractivity contribution in [1.82, 2.24) is 0 Å². The highest BCUT2D eigenvalue weighted by Gasteiger charge is 2.30. The predicted molar refractivity (Wildman–Crippen MR) is 95.9 cm³/mol. The Hall–Kier alpha value is -1.86. The summed E-state index contributed by atoms with van der Waals surface area (Å²) in [7, 11) is -0.736. The van der Waals surface area contributed by atoms with Gasteiger partial charge in [0.1, 0.15) is 16.4 Å². The standard InChI is InChI=1S/C17H19NO4S2/c1-21-13-8-9-17(15(12-13)22-2)24(19,20)18-10-5-11-23-16-7-4-3-6-14(16)18/h3-4,6-9,12H,5,10-11H2,1-2H3. The van der Waals surface area contributed by atoms with E-state index in [2.05, 4.69) is 0 Å². The third-order valence-electron chi connectivity index (χ3n) is 3.84. The molecule has 0 spiro atoms. The molecule has 1 aliphatic rings. The number of thioether (sulfide) groups is 1. The van der Waals surface area contributed by atoms with Crippen LogP contribution < -0.4 is 13.8 Å². The molecule has 0 saturated carbocycles. The minimum atomic E-state index is -3.73. The van der Waals surface area contributed by atoms with Gasteiger partial charge in [-0.15, -0.1) is 11.8 Å². The van der Waals surface area contributed by atoms with Crippen LogP contribution >= 0.6 is 11.8 Å². The van der Waals surface area contributed by atoms with Crippen LogP contribution in [0.3, 0.4) is 0 Å². The minimum absolute atomic E-state index is 0.146. The van der Waals surface area contributed by atoms with Crippen LogP contribution in [0.25, 0.3) is 0 Å². The van der Waals surface area contributed by atoms with Crippen LogP contribution in [-0.2, 0) is 10.0 Å². The molecule has 24 heavy (non-hydrogen) atoms. The first-order valence-electron chi connectivity index (χ1n) is 7.54. The Kier molecular flexibility index (Phi) is 4.91. The molecule has 2 aromatic carbocycles. The monoisotopic (exact) mass is 365 g/mol. The van der Waals surface area contributed by atoms with E-state index in [-0.39, 0.29) is 10.6 Å². The van der Waals surface area contributed by atoms with Crippen molar-refractivity contribution >= 4 is 27.5 Å². The second-order valence-electron chi connectivity index (χ2n) is 5.26. The van der Waals surface area contributed by atoms with Gasteiger partial charge in [-0.05, 0) is 36.4 Å². The lowest BCUT2D eigenvalue weighted by Crippen LogP contribution is -2.32. The molecule has 1 aliphatic heterocycles. The van der Waals surface area contributed by atoms with Gasteiger partial charge < -0.3 is 9.47 Å². The number of nitrogens with zero attached hydrogens (tertiary/aromatic N) is 1. The molecule has 3 rings (SSSR count). The van der Waals surface area contributed by atoms with Gasteiger partial charge >= 0.3 is 0 Å². The van der Waals surface area contributed by atoms with E-state index in [0.717, 1.165) is 22.8 Å². The number of methoxy groups -OCH3 is 2. The normalized spacial score (nSPS) is 14.7. The highest BCUT2D eigenvalue weighted by atomic mass is 32.2. The van der Waals surface area contributed by atoms with E-state index in [1.807, 2.05) is 24.3 Å². The number of anilines is 1. The first kappa shape index (κ1) is 17.0. The summed E-state index contributed by atoms with van der Waals surface area (Å²) < 4.78 is 38.5. The van der Waals surface area contributed by atoms with E-state index in [4.69, 9.17) is 9.47 Å². The van der Waals surface area contributed by atoms with Gasteiger partial charge in [-0.2, -0.15) is 0 Å². The van der Waals surface area contributed by atoms with Gasteiger partial charge in [-0.25, -0.2) is 8.42 Å². The molecule has 0 aromatic heterocycles. The summed E-state index contributed by atoms with van der Waals surface area (Å²) >= 11 is 1.68. The SMILES string of the molecule is COc1ccc(S(=O)(=O)N2CCCSc3ccccc32)c(OC)c1. The highest BCUT2D eigenvalue weighted by molar-refractivity contribution is 7.99. The van der Waals surface area contributed by atoms with Crippen molar-refractivity contribution in [2.24, 2.45) is 0 Å². The number of para-hydroxylation sites is 1. The fourth-order valence-electron chi connectivity index (χ4n) is 2.65. The summed E-state index contributed by atoms with van der Waals surface area (Å²) in [5, 5.41) is 0. The second-order valence-corrected chi connectivity index (χ2v) is 8.23. The number of fused-ring (bicyclic) bond motifs is 1. The molecule has 0 atom stereocenters. The van der Waals surface area contributed by atoms with Crippen molar-refractivity contribution < 1.29 is 17.9 Å². The fourth-order valence-corrected chi connectivity index (χ4v) is 5.37. The quantitative estimate of drug-likeness (QED) is 0.831. The second kappa shape index (κ2) is 6.94. The van der Waals surface area contributed by atoms with Crippen molar-refractivity contribution in [1.29, 1.82) is 0 Å². The van der Waals surface area contributed by atoms with Crippen LogP contribution in [0, 0.1) is 0 Å². The van der Waals surface area contributed by atoms with E-state index in [1.165, 1.54) is 24.6 Å². The first-order chi connectivity index (χ1) is 11.6. The molecule has 0 saturated heterocycles. The van der Waals surface area contributed by atoms with Crippen LogP contribution in [0.1, 0.15) is 6.42 Å². The molecule has 0 fully saturated rings. The average molecular weight is 365 g/mol. The third kappa shape index (κ3) is 3.06. The van der Waals surface area contributed by atoms with Crippen LogP contribution in [0.5, 0.6) is 11.5 Å². The van der Waals surface area contributed by atoms with Gasteiger partial charge in [-0.1, -0.05) is 12.1 Å². The number of ether oxygens (including phenoxy) is 2. The fraction of sp³-hybridized carbons (Fsp3) is 0.294. The molecule has 0 amide bonds. The van der Waals surface area contributed by atoms with Crippen LogP contribution in [0.2, 0.25) is 0 Å². The summed E-state index contributed by atoms with van der Waals surface area (Å²) in [6.45, 7) is 0.446.